The van der Waals surface area contributed by atoms with Crippen molar-refractivity contribution in [2.75, 3.05) is 48.7 Å². The van der Waals surface area contributed by atoms with Crippen LogP contribution in [0.25, 0.3) is 0 Å². The molecule has 1 saturated heterocycles. The molecule has 1 heterocycles. The number of rotatable bonds is 6. The number of carbonyl (C=O) groups is 1. The molecule has 0 aromatic heterocycles. The van der Waals surface area contributed by atoms with Crippen molar-refractivity contribution in [1.29, 1.82) is 0 Å². The Hall–Kier alpha value is -2.74. The predicted octanol–water partition coefficient (Wildman–Crippen LogP) is 2.20. The molecular weight excluding hydrogens is 390 g/mol. The molecule has 1 fully saturated rings. The third kappa shape index (κ3) is 4.82. The minimum absolute atomic E-state index is 0.186. The van der Waals surface area contributed by atoms with Gasteiger partial charge in [-0.15, -0.1) is 0 Å². The van der Waals surface area contributed by atoms with Crippen LogP contribution in [-0.4, -0.2) is 64.8 Å². The van der Waals surface area contributed by atoms with Crippen molar-refractivity contribution in [3.05, 3.63) is 54.6 Å². The number of amides is 1. The summed E-state index contributed by atoms with van der Waals surface area (Å²) in [5.74, 6) is 0.617. The largest absolute Gasteiger partial charge is 0.497 e. The van der Waals surface area contributed by atoms with Crippen LogP contribution in [0.5, 0.6) is 5.75 Å². The molecule has 1 aliphatic rings. The number of methoxy groups -OCH3 is 1. The molecule has 29 heavy (non-hydrogen) atoms. The van der Waals surface area contributed by atoms with Gasteiger partial charge in [0.05, 0.1) is 19.1 Å². The molecule has 1 atom stereocenters. The molecule has 2 aromatic rings. The third-order valence-corrected chi connectivity index (χ3v) is 6.35. The molecule has 0 bridgehead atoms. The normalized spacial score (nSPS) is 15.7. The molecule has 0 N–H and O–H groups in total. The highest BCUT2D eigenvalue weighted by atomic mass is 32.2. The molecule has 0 radical (unpaired) electrons. The molecular formula is C21H27N3O4S. The fourth-order valence-electron chi connectivity index (χ4n) is 3.62. The van der Waals surface area contributed by atoms with Crippen molar-refractivity contribution in [2.45, 2.75) is 13.0 Å². The van der Waals surface area contributed by atoms with Crippen LogP contribution < -0.4 is 13.9 Å². The van der Waals surface area contributed by atoms with Gasteiger partial charge in [-0.3, -0.25) is 9.10 Å². The first-order valence-corrected chi connectivity index (χ1v) is 11.4. The van der Waals surface area contributed by atoms with E-state index in [-0.39, 0.29) is 5.91 Å². The molecule has 8 heteroatoms. The SMILES string of the molecule is COc1ccc(N2CCN(C(=O)C(C)N(c3ccccc3)S(C)(=O)=O)CC2)cc1. The van der Waals surface area contributed by atoms with Gasteiger partial charge in [0, 0.05) is 31.9 Å². The summed E-state index contributed by atoms with van der Waals surface area (Å²) in [5.41, 5.74) is 1.57. The van der Waals surface area contributed by atoms with Gasteiger partial charge in [0.25, 0.3) is 0 Å². The van der Waals surface area contributed by atoms with Crippen molar-refractivity contribution in [3.8, 4) is 5.75 Å². The van der Waals surface area contributed by atoms with E-state index in [0.29, 0.717) is 31.9 Å². The molecule has 1 aliphatic heterocycles. The Morgan fingerprint density at radius 1 is 1.00 bits per heavy atom. The number of hydrogen-bond acceptors (Lipinski definition) is 5. The van der Waals surface area contributed by atoms with E-state index in [1.54, 1.807) is 43.2 Å². The highest BCUT2D eigenvalue weighted by Crippen LogP contribution is 2.23. The zero-order valence-electron chi connectivity index (χ0n) is 17.0. The standard InChI is InChI=1S/C21H27N3O4S/c1-17(24(29(3,26)27)19-7-5-4-6-8-19)21(25)23-15-13-22(14-16-23)18-9-11-20(28-2)12-10-18/h4-12,17H,13-16H2,1-3H3. The fourth-order valence-corrected chi connectivity index (χ4v) is 4.79. The number of benzene rings is 2. The van der Waals surface area contributed by atoms with E-state index < -0.39 is 16.1 Å². The van der Waals surface area contributed by atoms with Gasteiger partial charge in [-0.05, 0) is 43.3 Å². The summed E-state index contributed by atoms with van der Waals surface area (Å²) in [6, 6.07) is 15.8. The second-order valence-corrected chi connectivity index (χ2v) is 8.94. The Kier molecular flexibility index (Phi) is 6.32. The Morgan fingerprint density at radius 3 is 2.10 bits per heavy atom. The van der Waals surface area contributed by atoms with Crippen LogP contribution in [0.4, 0.5) is 11.4 Å². The third-order valence-electron chi connectivity index (χ3n) is 5.11. The lowest BCUT2D eigenvalue weighted by molar-refractivity contribution is -0.132. The Bertz CT molecular complexity index is 924. The number of nitrogens with zero attached hydrogens (tertiary/aromatic N) is 3. The number of carbonyl (C=O) groups excluding carboxylic acids is 1. The zero-order chi connectivity index (χ0) is 21.0. The lowest BCUT2D eigenvalue weighted by atomic mass is 10.2. The van der Waals surface area contributed by atoms with E-state index in [4.69, 9.17) is 4.74 Å². The van der Waals surface area contributed by atoms with Crippen LogP contribution in [0.15, 0.2) is 54.6 Å². The first-order valence-electron chi connectivity index (χ1n) is 9.53. The number of piperazine rings is 1. The smallest absolute Gasteiger partial charge is 0.246 e. The summed E-state index contributed by atoms with van der Waals surface area (Å²) in [6.45, 7) is 4.11. The van der Waals surface area contributed by atoms with Crippen molar-refractivity contribution < 1.29 is 17.9 Å². The number of ether oxygens (including phenoxy) is 1. The zero-order valence-corrected chi connectivity index (χ0v) is 17.8. The van der Waals surface area contributed by atoms with Crippen LogP contribution in [0.1, 0.15) is 6.92 Å². The molecule has 1 unspecified atom stereocenters. The average Bonchev–Trinajstić information content (AvgIpc) is 2.73. The molecule has 0 aliphatic carbocycles. The summed E-state index contributed by atoms with van der Waals surface area (Å²) in [6.07, 6.45) is 1.13. The maximum Gasteiger partial charge on any atom is 0.246 e. The van der Waals surface area contributed by atoms with E-state index >= 15 is 0 Å². The maximum atomic E-state index is 13.1. The second-order valence-electron chi connectivity index (χ2n) is 7.08. The van der Waals surface area contributed by atoms with E-state index in [2.05, 4.69) is 4.90 Å². The highest BCUT2D eigenvalue weighted by molar-refractivity contribution is 7.92. The van der Waals surface area contributed by atoms with Gasteiger partial charge in [0.2, 0.25) is 15.9 Å². The first-order chi connectivity index (χ1) is 13.8. The van der Waals surface area contributed by atoms with Gasteiger partial charge >= 0.3 is 0 Å². The Balaban J connectivity index is 1.68. The molecule has 1 amide bonds. The number of hydrogen-bond donors (Lipinski definition) is 0. The predicted molar refractivity (Wildman–Crippen MR) is 115 cm³/mol. The van der Waals surface area contributed by atoms with Crippen LogP contribution >= 0.6 is 0 Å². The minimum atomic E-state index is -3.60. The van der Waals surface area contributed by atoms with Crippen LogP contribution in [-0.2, 0) is 14.8 Å². The topological polar surface area (TPSA) is 70.2 Å². The summed E-state index contributed by atoms with van der Waals surface area (Å²) in [7, 11) is -1.96. The monoisotopic (exact) mass is 417 g/mol. The van der Waals surface area contributed by atoms with E-state index in [0.717, 1.165) is 17.7 Å². The summed E-state index contributed by atoms with van der Waals surface area (Å²) in [4.78, 5) is 17.0. The van der Waals surface area contributed by atoms with Crippen LogP contribution in [0, 0.1) is 0 Å². The summed E-state index contributed by atoms with van der Waals surface area (Å²) in [5, 5.41) is 0. The Morgan fingerprint density at radius 2 is 1.59 bits per heavy atom. The lowest BCUT2D eigenvalue weighted by Gasteiger charge is -2.39. The molecule has 0 spiro atoms. The first kappa shape index (κ1) is 21.0. The molecule has 7 nitrogen and oxygen atoms in total. The average molecular weight is 418 g/mol. The van der Waals surface area contributed by atoms with Crippen molar-refractivity contribution in [2.24, 2.45) is 0 Å². The highest BCUT2D eigenvalue weighted by Gasteiger charge is 2.33. The maximum absolute atomic E-state index is 13.1. The van der Waals surface area contributed by atoms with E-state index in [1.165, 1.54) is 4.31 Å². The van der Waals surface area contributed by atoms with Gasteiger partial charge in [0.15, 0.2) is 0 Å². The van der Waals surface area contributed by atoms with Crippen molar-refractivity contribution >= 4 is 27.3 Å². The molecule has 0 saturated carbocycles. The van der Waals surface area contributed by atoms with Crippen LogP contribution in [0.2, 0.25) is 0 Å². The van der Waals surface area contributed by atoms with Gasteiger partial charge < -0.3 is 14.5 Å². The summed E-state index contributed by atoms with van der Waals surface area (Å²) >= 11 is 0. The molecule has 2 aromatic carbocycles. The lowest BCUT2D eigenvalue weighted by Crippen LogP contribution is -2.55. The van der Waals surface area contributed by atoms with Gasteiger partial charge in [-0.1, -0.05) is 18.2 Å². The van der Waals surface area contributed by atoms with Crippen molar-refractivity contribution in [1.82, 2.24) is 4.90 Å². The van der Waals surface area contributed by atoms with Crippen LogP contribution in [0.3, 0.4) is 0 Å². The van der Waals surface area contributed by atoms with Gasteiger partial charge in [0.1, 0.15) is 11.8 Å². The number of para-hydroxylation sites is 1. The van der Waals surface area contributed by atoms with Crippen molar-refractivity contribution in [3.63, 3.8) is 0 Å². The summed E-state index contributed by atoms with van der Waals surface area (Å²) < 4.78 is 31.2. The molecule has 156 valence electrons. The van der Waals surface area contributed by atoms with E-state index in [9.17, 15) is 13.2 Å². The second kappa shape index (κ2) is 8.73. The number of sulfonamides is 1. The fraction of sp³-hybridized carbons (Fsp3) is 0.381. The molecule has 3 rings (SSSR count). The number of anilines is 2. The quantitative estimate of drug-likeness (QED) is 0.721. The van der Waals surface area contributed by atoms with Gasteiger partial charge in [-0.25, -0.2) is 8.42 Å². The van der Waals surface area contributed by atoms with Gasteiger partial charge in [-0.2, -0.15) is 0 Å². The minimum Gasteiger partial charge on any atom is -0.497 e. The van der Waals surface area contributed by atoms with E-state index in [1.807, 2.05) is 30.3 Å². The Labute approximate surface area is 172 Å².